The number of carbonyl (C=O) groups excluding carboxylic acids is 1. The van der Waals surface area contributed by atoms with E-state index in [-0.39, 0.29) is 17.4 Å². The summed E-state index contributed by atoms with van der Waals surface area (Å²) < 4.78 is 0. The number of hydrogen-bond donors (Lipinski definition) is 2. The molecular formula is C29H31N3O. The summed E-state index contributed by atoms with van der Waals surface area (Å²) in [6, 6.07) is 23.9. The fourth-order valence-corrected chi connectivity index (χ4v) is 7.08. The molecule has 0 radical (unpaired) electrons. The Labute approximate surface area is 195 Å². The molecule has 1 aromatic heterocycles. The number of aromatic nitrogens is 1. The summed E-state index contributed by atoms with van der Waals surface area (Å²) in [5, 5.41) is 6.91. The van der Waals surface area contributed by atoms with Gasteiger partial charge in [-0.25, -0.2) is 4.98 Å². The lowest BCUT2D eigenvalue weighted by Gasteiger charge is -2.57. The second-order valence-electron chi connectivity index (χ2n) is 10.5. The predicted molar refractivity (Wildman–Crippen MR) is 132 cm³/mol. The third-order valence-electron chi connectivity index (χ3n) is 7.99. The van der Waals surface area contributed by atoms with E-state index in [0.29, 0.717) is 0 Å². The van der Waals surface area contributed by atoms with Crippen molar-refractivity contribution in [2.24, 2.45) is 17.8 Å². The van der Waals surface area contributed by atoms with E-state index in [1.165, 1.54) is 38.5 Å². The Morgan fingerprint density at radius 3 is 1.82 bits per heavy atom. The number of nitrogens with zero attached hydrogens (tertiary/aromatic N) is 1. The number of nitrogens with one attached hydrogen (secondary N) is 2. The third-order valence-corrected chi connectivity index (χ3v) is 7.99. The molecule has 0 saturated heterocycles. The molecule has 0 spiro atoms. The highest BCUT2D eigenvalue weighted by molar-refractivity contribution is 5.98. The molecule has 0 atom stereocenters. The molecule has 4 nitrogen and oxygen atoms in total. The standard InChI is InChI=1S/C29H31N3O/c33-28(27(23-7-3-1-4-8-23)24-9-5-2-6-10-24)31-25-11-12-26(30-19-25)32-29-16-20-13-21(17-29)15-22(14-20)18-29/h1-12,19-22,27H,13-18H2,(H,30,32)(H,31,33). The van der Waals surface area contributed by atoms with Crippen LogP contribution in [0.5, 0.6) is 0 Å². The summed E-state index contributed by atoms with van der Waals surface area (Å²) >= 11 is 0. The van der Waals surface area contributed by atoms with Crippen LogP contribution in [0, 0.1) is 17.8 Å². The molecule has 33 heavy (non-hydrogen) atoms. The molecule has 2 N–H and O–H groups in total. The number of hydrogen-bond acceptors (Lipinski definition) is 3. The molecule has 2 aromatic carbocycles. The highest BCUT2D eigenvalue weighted by atomic mass is 16.1. The Hall–Kier alpha value is -3.14. The average Bonchev–Trinajstić information content (AvgIpc) is 2.81. The third kappa shape index (κ3) is 4.15. The Kier molecular flexibility index (Phi) is 5.17. The van der Waals surface area contributed by atoms with Gasteiger partial charge in [0.2, 0.25) is 5.91 Å². The van der Waals surface area contributed by atoms with E-state index in [2.05, 4.69) is 15.6 Å². The quantitative estimate of drug-likeness (QED) is 0.480. The van der Waals surface area contributed by atoms with Gasteiger partial charge in [-0.2, -0.15) is 0 Å². The largest absolute Gasteiger partial charge is 0.365 e. The summed E-state index contributed by atoms with van der Waals surface area (Å²) in [5.74, 6) is 3.21. The molecule has 0 unspecified atom stereocenters. The monoisotopic (exact) mass is 437 g/mol. The first-order chi connectivity index (χ1) is 16.2. The maximum absolute atomic E-state index is 13.3. The lowest BCUT2D eigenvalue weighted by atomic mass is 9.53. The predicted octanol–water partition coefficient (Wildman–Crippen LogP) is 6.23. The fraction of sp³-hybridized carbons (Fsp3) is 0.379. The Bertz CT molecular complexity index is 1040. The van der Waals surface area contributed by atoms with E-state index >= 15 is 0 Å². The van der Waals surface area contributed by atoms with Crippen molar-refractivity contribution in [2.75, 3.05) is 10.6 Å². The molecule has 0 aliphatic heterocycles. The zero-order valence-corrected chi connectivity index (χ0v) is 18.9. The molecule has 4 heteroatoms. The van der Waals surface area contributed by atoms with Gasteiger partial charge in [0.15, 0.2) is 0 Å². The van der Waals surface area contributed by atoms with Gasteiger partial charge in [-0.15, -0.1) is 0 Å². The van der Waals surface area contributed by atoms with Crippen LogP contribution in [0.3, 0.4) is 0 Å². The second-order valence-corrected chi connectivity index (χ2v) is 10.5. The summed E-state index contributed by atoms with van der Waals surface area (Å²) in [5.41, 5.74) is 2.93. The number of amides is 1. The van der Waals surface area contributed by atoms with E-state index in [0.717, 1.165) is 40.4 Å². The molecule has 7 rings (SSSR count). The molecule has 1 heterocycles. The molecule has 4 aliphatic carbocycles. The van der Waals surface area contributed by atoms with Crippen LogP contribution in [0.25, 0.3) is 0 Å². The van der Waals surface area contributed by atoms with Crippen LogP contribution in [0.15, 0.2) is 79.0 Å². The highest BCUT2D eigenvalue weighted by Gasteiger charge is 2.51. The van der Waals surface area contributed by atoms with E-state index in [4.69, 9.17) is 0 Å². The van der Waals surface area contributed by atoms with Gasteiger partial charge in [0, 0.05) is 5.54 Å². The summed E-state index contributed by atoms with van der Waals surface area (Å²) in [6.45, 7) is 0. The lowest BCUT2D eigenvalue weighted by molar-refractivity contribution is -0.116. The number of carbonyl (C=O) groups is 1. The van der Waals surface area contributed by atoms with Crippen molar-refractivity contribution in [2.45, 2.75) is 50.0 Å². The minimum Gasteiger partial charge on any atom is -0.365 e. The van der Waals surface area contributed by atoms with Gasteiger partial charge in [-0.3, -0.25) is 4.79 Å². The van der Waals surface area contributed by atoms with Crippen LogP contribution >= 0.6 is 0 Å². The maximum atomic E-state index is 13.3. The van der Waals surface area contributed by atoms with Gasteiger partial charge in [0.1, 0.15) is 5.82 Å². The molecule has 4 fully saturated rings. The van der Waals surface area contributed by atoms with Crippen molar-refractivity contribution in [3.05, 3.63) is 90.1 Å². The van der Waals surface area contributed by atoms with E-state index in [1.54, 1.807) is 6.20 Å². The lowest BCUT2D eigenvalue weighted by Crippen LogP contribution is -2.54. The first-order valence-electron chi connectivity index (χ1n) is 12.3. The maximum Gasteiger partial charge on any atom is 0.236 e. The molecular weight excluding hydrogens is 406 g/mol. The molecule has 3 aromatic rings. The minimum atomic E-state index is -0.364. The van der Waals surface area contributed by atoms with Crippen LogP contribution in [0.2, 0.25) is 0 Å². The zero-order valence-electron chi connectivity index (χ0n) is 18.9. The minimum absolute atomic E-state index is 0.0454. The summed E-state index contributed by atoms with van der Waals surface area (Å²) in [4.78, 5) is 18.0. The van der Waals surface area contributed by atoms with Crippen LogP contribution < -0.4 is 10.6 Å². The van der Waals surface area contributed by atoms with Gasteiger partial charge in [0.25, 0.3) is 0 Å². The van der Waals surface area contributed by atoms with E-state index < -0.39 is 0 Å². The zero-order chi connectivity index (χ0) is 22.3. The van der Waals surface area contributed by atoms with Crippen molar-refractivity contribution < 1.29 is 4.79 Å². The van der Waals surface area contributed by atoms with Gasteiger partial charge < -0.3 is 10.6 Å². The fourth-order valence-electron chi connectivity index (χ4n) is 7.08. The SMILES string of the molecule is O=C(Nc1ccc(NC23CC4CC(CC(C4)C2)C3)nc1)C(c1ccccc1)c1ccccc1. The van der Waals surface area contributed by atoms with Crippen LogP contribution in [0.4, 0.5) is 11.5 Å². The number of rotatable bonds is 6. The Morgan fingerprint density at radius 2 is 1.33 bits per heavy atom. The molecule has 1 amide bonds. The van der Waals surface area contributed by atoms with Crippen LogP contribution in [-0.4, -0.2) is 16.4 Å². The first kappa shape index (κ1) is 20.5. The second kappa shape index (κ2) is 8.33. The van der Waals surface area contributed by atoms with Gasteiger partial charge in [-0.1, -0.05) is 60.7 Å². The Balaban J connectivity index is 1.17. The topological polar surface area (TPSA) is 54.0 Å². The van der Waals surface area contributed by atoms with Crippen molar-refractivity contribution in [1.82, 2.24) is 4.98 Å². The normalized spacial score (nSPS) is 27.5. The van der Waals surface area contributed by atoms with E-state index in [9.17, 15) is 4.79 Å². The number of anilines is 2. The summed E-state index contributed by atoms with van der Waals surface area (Å²) in [7, 11) is 0. The van der Waals surface area contributed by atoms with Crippen molar-refractivity contribution in [3.8, 4) is 0 Å². The molecule has 4 saturated carbocycles. The number of pyridine rings is 1. The van der Waals surface area contributed by atoms with E-state index in [1.807, 2.05) is 72.8 Å². The molecule has 4 aliphatic rings. The first-order valence-corrected chi connectivity index (χ1v) is 12.3. The highest BCUT2D eigenvalue weighted by Crippen LogP contribution is 2.56. The van der Waals surface area contributed by atoms with Crippen LogP contribution in [0.1, 0.15) is 55.6 Å². The van der Waals surface area contributed by atoms with Gasteiger partial charge in [0.05, 0.1) is 17.8 Å². The van der Waals surface area contributed by atoms with Crippen molar-refractivity contribution in [3.63, 3.8) is 0 Å². The summed E-state index contributed by atoms with van der Waals surface area (Å²) in [6.07, 6.45) is 9.95. The molecule has 168 valence electrons. The smallest absolute Gasteiger partial charge is 0.236 e. The van der Waals surface area contributed by atoms with Gasteiger partial charge in [-0.05, 0) is 79.5 Å². The molecule has 4 bridgehead atoms. The Morgan fingerprint density at radius 1 is 0.788 bits per heavy atom. The van der Waals surface area contributed by atoms with Crippen molar-refractivity contribution >= 4 is 17.4 Å². The van der Waals surface area contributed by atoms with Crippen LogP contribution in [-0.2, 0) is 4.79 Å². The number of benzene rings is 2. The van der Waals surface area contributed by atoms with Crippen molar-refractivity contribution in [1.29, 1.82) is 0 Å². The average molecular weight is 438 g/mol. The van der Waals surface area contributed by atoms with Gasteiger partial charge >= 0.3 is 0 Å².